The predicted octanol–water partition coefficient (Wildman–Crippen LogP) is 8.33. The van der Waals surface area contributed by atoms with Crippen molar-refractivity contribution in [1.29, 1.82) is 0 Å². The lowest BCUT2D eigenvalue weighted by Gasteiger charge is -2.56. The minimum absolute atomic E-state index is 0.469. The predicted molar refractivity (Wildman–Crippen MR) is 158 cm³/mol. The molecule has 35 heavy (non-hydrogen) atoms. The third-order valence-corrected chi connectivity index (χ3v) is 9.91. The minimum Gasteiger partial charge on any atom is -0.377 e. The van der Waals surface area contributed by atoms with Crippen LogP contribution >= 0.6 is 0 Å². The first kappa shape index (κ1) is 28.2. The Morgan fingerprint density at radius 2 is 0.943 bits per heavy atom. The maximum Gasteiger partial charge on any atom is 0.0478 e. The van der Waals surface area contributed by atoms with Crippen LogP contribution in [0, 0.1) is 29.1 Å². The lowest BCUT2D eigenvalue weighted by molar-refractivity contribution is -0.00589. The van der Waals surface area contributed by atoms with Crippen molar-refractivity contribution in [2.75, 3.05) is 56.0 Å². The summed E-state index contributed by atoms with van der Waals surface area (Å²) in [5.74, 6) is 4.48. The van der Waals surface area contributed by atoms with Crippen molar-refractivity contribution in [3.63, 3.8) is 0 Å². The maximum atomic E-state index is 2.84. The van der Waals surface area contributed by atoms with Crippen LogP contribution in [-0.2, 0) is 0 Å². The molecule has 1 aromatic rings. The summed E-state index contributed by atoms with van der Waals surface area (Å²) in [6, 6.07) is 0. The molecular formula is C32H57N3. The van der Waals surface area contributed by atoms with E-state index in [1.54, 1.807) is 16.8 Å². The molecule has 0 bridgehead atoms. The highest BCUT2D eigenvalue weighted by Crippen LogP contribution is 2.60. The molecule has 3 rings (SSSR count). The molecule has 1 saturated heterocycles. The first-order valence-corrected chi connectivity index (χ1v) is 14.5. The van der Waals surface area contributed by atoms with Gasteiger partial charge in [-0.25, -0.2) is 0 Å². The van der Waals surface area contributed by atoms with Crippen LogP contribution in [-0.4, -0.2) is 41.3 Å². The summed E-state index contributed by atoms with van der Waals surface area (Å²) in [6.45, 7) is 27.0. The van der Waals surface area contributed by atoms with Crippen molar-refractivity contribution >= 4 is 17.1 Å². The van der Waals surface area contributed by atoms with Gasteiger partial charge in [0.1, 0.15) is 0 Å². The van der Waals surface area contributed by atoms with Gasteiger partial charge in [-0.05, 0) is 59.7 Å². The van der Waals surface area contributed by atoms with Crippen molar-refractivity contribution < 1.29 is 0 Å². The zero-order chi connectivity index (χ0) is 26.6. The first-order chi connectivity index (χ1) is 16.2. The van der Waals surface area contributed by atoms with E-state index in [-0.39, 0.29) is 0 Å². The Labute approximate surface area is 218 Å². The van der Waals surface area contributed by atoms with E-state index >= 15 is 0 Å². The summed E-state index contributed by atoms with van der Waals surface area (Å²) < 4.78 is 0. The lowest BCUT2D eigenvalue weighted by Crippen LogP contribution is -2.56. The van der Waals surface area contributed by atoms with Crippen molar-refractivity contribution in [3.8, 4) is 0 Å². The molecule has 3 heteroatoms. The quantitative estimate of drug-likeness (QED) is 0.402. The van der Waals surface area contributed by atoms with Crippen molar-refractivity contribution in [2.45, 2.75) is 99.8 Å². The lowest BCUT2D eigenvalue weighted by atomic mass is 9.56. The Bertz CT molecular complexity index is 830. The third-order valence-electron chi connectivity index (χ3n) is 9.91. The second kappa shape index (κ2) is 10.2. The van der Waals surface area contributed by atoms with E-state index < -0.39 is 0 Å². The molecule has 0 radical (unpaired) electrons. The third kappa shape index (κ3) is 4.37. The molecule has 1 spiro atoms. The molecule has 2 fully saturated rings. The molecule has 200 valence electrons. The van der Waals surface area contributed by atoms with E-state index in [1.807, 2.05) is 0 Å². The second-order valence-electron chi connectivity index (χ2n) is 13.6. The van der Waals surface area contributed by atoms with E-state index in [4.69, 9.17) is 0 Å². The maximum absolute atomic E-state index is 2.84. The minimum atomic E-state index is 0.469. The zero-order valence-corrected chi connectivity index (χ0v) is 25.7. The van der Waals surface area contributed by atoms with Crippen LogP contribution in [0.1, 0.15) is 117 Å². The summed E-state index contributed by atoms with van der Waals surface area (Å²) in [4.78, 5) is 7.66. The van der Waals surface area contributed by atoms with E-state index in [9.17, 15) is 0 Å². The van der Waals surface area contributed by atoms with Crippen molar-refractivity contribution in [2.24, 2.45) is 29.1 Å². The highest BCUT2D eigenvalue weighted by atomic mass is 15.2. The van der Waals surface area contributed by atoms with Gasteiger partial charge in [0.15, 0.2) is 0 Å². The number of nitrogens with zero attached hydrogens (tertiary/aromatic N) is 3. The van der Waals surface area contributed by atoms with Gasteiger partial charge in [-0.15, -0.1) is 0 Å². The highest BCUT2D eigenvalue weighted by Gasteiger charge is 2.55. The van der Waals surface area contributed by atoms with E-state index in [2.05, 4.69) is 112 Å². The molecule has 4 atom stereocenters. The summed E-state index contributed by atoms with van der Waals surface area (Å²) in [5, 5.41) is 0. The van der Waals surface area contributed by atoms with Crippen molar-refractivity contribution in [1.82, 2.24) is 0 Å². The normalized spacial score (nSPS) is 29.2. The van der Waals surface area contributed by atoms with Crippen LogP contribution in [0.5, 0.6) is 0 Å². The monoisotopic (exact) mass is 483 g/mol. The molecule has 1 aliphatic heterocycles. The van der Waals surface area contributed by atoms with Crippen LogP contribution in [0.2, 0.25) is 0 Å². The molecule has 0 N–H and O–H groups in total. The average molecular weight is 484 g/mol. The van der Waals surface area contributed by atoms with Gasteiger partial charge in [-0.1, -0.05) is 69.2 Å². The van der Waals surface area contributed by atoms with Crippen LogP contribution in [0.15, 0.2) is 0 Å². The molecule has 2 aliphatic rings. The summed E-state index contributed by atoms with van der Waals surface area (Å²) in [7, 11) is 9.01. The van der Waals surface area contributed by atoms with E-state index in [1.165, 1.54) is 42.9 Å². The highest BCUT2D eigenvalue weighted by molar-refractivity contribution is 5.86. The Kier molecular flexibility index (Phi) is 8.20. The average Bonchev–Trinajstić information content (AvgIpc) is 3.04. The number of piperidine rings is 1. The van der Waals surface area contributed by atoms with Crippen LogP contribution in [0.25, 0.3) is 0 Å². The van der Waals surface area contributed by atoms with E-state index in [0.29, 0.717) is 35.0 Å². The Morgan fingerprint density at radius 1 is 0.600 bits per heavy atom. The Hall–Kier alpha value is -1.38. The van der Waals surface area contributed by atoms with Gasteiger partial charge in [0.2, 0.25) is 0 Å². The van der Waals surface area contributed by atoms with E-state index in [0.717, 1.165) is 11.8 Å². The van der Waals surface area contributed by atoms with Gasteiger partial charge < -0.3 is 14.7 Å². The van der Waals surface area contributed by atoms with Gasteiger partial charge in [0.05, 0.1) is 0 Å². The zero-order valence-electron chi connectivity index (χ0n) is 25.7. The van der Waals surface area contributed by atoms with Gasteiger partial charge in [-0.2, -0.15) is 0 Å². The van der Waals surface area contributed by atoms with Crippen LogP contribution in [0.4, 0.5) is 17.1 Å². The molecule has 0 amide bonds. The molecule has 0 aromatic heterocycles. The standard InChI is InChI=1S/C32H57N3/c1-19(2)26-29(33(11)12)27(20(3)4)31(28(21(5)6)30(26)34(13)14)35-17-24(9)32(25(10)18-35)22(7)15-16-23(32)8/h19-25H,15-18H2,1-14H3. The molecule has 1 heterocycles. The number of hydrogen-bond donors (Lipinski definition) is 0. The molecule has 1 aliphatic carbocycles. The number of hydrogen-bond acceptors (Lipinski definition) is 3. The Morgan fingerprint density at radius 3 is 1.23 bits per heavy atom. The molecular weight excluding hydrogens is 426 g/mol. The topological polar surface area (TPSA) is 9.72 Å². The second-order valence-corrected chi connectivity index (χ2v) is 13.6. The summed E-state index contributed by atoms with van der Waals surface area (Å²) in [5.41, 5.74) is 9.61. The van der Waals surface area contributed by atoms with Gasteiger partial charge >= 0.3 is 0 Å². The molecule has 1 aromatic carbocycles. The van der Waals surface area contributed by atoms with Gasteiger partial charge in [0.25, 0.3) is 0 Å². The fourth-order valence-electron chi connectivity index (χ4n) is 8.87. The summed E-state index contributed by atoms with van der Waals surface area (Å²) in [6.07, 6.45) is 2.81. The summed E-state index contributed by atoms with van der Waals surface area (Å²) >= 11 is 0. The number of benzene rings is 1. The smallest absolute Gasteiger partial charge is 0.0478 e. The molecule has 3 nitrogen and oxygen atoms in total. The fraction of sp³-hybridized carbons (Fsp3) is 0.812. The fourth-order valence-corrected chi connectivity index (χ4v) is 8.87. The first-order valence-electron chi connectivity index (χ1n) is 14.5. The molecule has 1 saturated carbocycles. The van der Waals surface area contributed by atoms with Crippen LogP contribution < -0.4 is 14.7 Å². The van der Waals surface area contributed by atoms with Crippen LogP contribution in [0.3, 0.4) is 0 Å². The molecule has 4 unspecified atom stereocenters. The Balaban J connectivity index is 2.35. The SMILES string of the molecule is CC(C)c1c(N(C)C)c(C(C)C)c(N2CC(C)C3(C(C)CCC3C)C(C)C2)c(C(C)C)c1N(C)C. The number of anilines is 3. The van der Waals surface area contributed by atoms with Gasteiger partial charge in [-0.3, -0.25) is 0 Å². The largest absolute Gasteiger partial charge is 0.377 e. The van der Waals surface area contributed by atoms with Crippen molar-refractivity contribution in [3.05, 3.63) is 16.7 Å². The van der Waals surface area contributed by atoms with Gasteiger partial charge in [0, 0.05) is 75.0 Å². The number of rotatable bonds is 6.